The maximum absolute atomic E-state index is 12.9. The van der Waals surface area contributed by atoms with E-state index in [4.69, 9.17) is 9.47 Å². The summed E-state index contributed by atoms with van der Waals surface area (Å²) in [6, 6.07) is 19.5. The minimum Gasteiger partial charge on any atom is -0.486 e. The molecule has 0 saturated heterocycles. The average Bonchev–Trinajstić information content (AvgIpc) is 3.50. The van der Waals surface area contributed by atoms with Gasteiger partial charge in [-0.3, -0.25) is 9.36 Å². The number of thiophene rings is 1. The average molecular weight is 479 g/mol. The van der Waals surface area contributed by atoms with Crippen LogP contribution in [0.2, 0.25) is 0 Å². The van der Waals surface area contributed by atoms with Crippen LogP contribution in [0.4, 0.5) is 5.69 Å². The zero-order valence-electron chi connectivity index (χ0n) is 17.9. The molecule has 1 unspecified atom stereocenters. The number of carbonyl (C=O) groups excluding carboxylic acids is 1. The van der Waals surface area contributed by atoms with E-state index in [0.717, 1.165) is 11.5 Å². The number of para-hydroxylation sites is 1. The number of hydrogen-bond acceptors (Lipinski definition) is 7. The first kappa shape index (κ1) is 21.5. The number of benzene rings is 2. The quantitative estimate of drug-likeness (QED) is 0.384. The molecule has 1 aliphatic rings. The Morgan fingerprint density at radius 1 is 1.09 bits per heavy atom. The molecule has 1 aliphatic heterocycles. The van der Waals surface area contributed by atoms with Gasteiger partial charge in [0.1, 0.15) is 19.0 Å². The summed E-state index contributed by atoms with van der Waals surface area (Å²) >= 11 is 3.07. The second-order valence-corrected chi connectivity index (χ2v) is 9.77. The van der Waals surface area contributed by atoms with E-state index in [0.29, 0.717) is 42.0 Å². The number of thioether (sulfide) groups is 1. The van der Waals surface area contributed by atoms with Gasteiger partial charge < -0.3 is 14.8 Å². The van der Waals surface area contributed by atoms with Crippen LogP contribution in [0.1, 0.15) is 17.6 Å². The summed E-state index contributed by atoms with van der Waals surface area (Å²) in [7, 11) is 0. The largest absolute Gasteiger partial charge is 0.486 e. The minimum absolute atomic E-state index is 0.126. The van der Waals surface area contributed by atoms with Crippen molar-refractivity contribution in [2.45, 2.75) is 23.8 Å². The molecule has 9 heteroatoms. The lowest BCUT2D eigenvalue weighted by molar-refractivity contribution is -0.115. The van der Waals surface area contributed by atoms with Crippen molar-refractivity contribution >= 4 is 34.7 Å². The second-order valence-electron chi connectivity index (χ2n) is 7.43. The van der Waals surface area contributed by atoms with Crippen molar-refractivity contribution in [3.63, 3.8) is 0 Å². The normalized spacial score (nSPS) is 13.5. The summed E-state index contributed by atoms with van der Waals surface area (Å²) in [4.78, 5) is 14.1. The molecule has 1 atom stereocenters. The van der Waals surface area contributed by atoms with Gasteiger partial charge in [-0.1, -0.05) is 36.0 Å². The van der Waals surface area contributed by atoms with Crippen LogP contribution in [0, 0.1) is 0 Å². The number of nitrogens with one attached hydrogen (secondary N) is 1. The van der Waals surface area contributed by atoms with Crippen LogP contribution in [0.25, 0.3) is 5.69 Å². The molecule has 33 heavy (non-hydrogen) atoms. The number of fused-ring (bicyclic) bond motifs is 1. The van der Waals surface area contributed by atoms with Crippen molar-refractivity contribution in [1.82, 2.24) is 14.8 Å². The molecule has 1 amide bonds. The predicted molar refractivity (Wildman–Crippen MR) is 130 cm³/mol. The van der Waals surface area contributed by atoms with Crippen molar-refractivity contribution in [1.29, 1.82) is 0 Å². The number of nitrogens with zero attached hydrogens (tertiary/aromatic N) is 3. The Morgan fingerprint density at radius 3 is 2.70 bits per heavy atom. The topological polar surface area (TPSA) is 78.3 Å². The van der Waals surface area contributed by atoms with Gasteiger partial charge in [0.2, 0.25) is 5.91 Å². The molecule has 3 heterocycles. The van der Waals surface area contributed by atoms with Gasteiger partial charge in [-0.15, -0.1) is 21.5 Å². The van der Waals surface area contributed by atoms with Crippen LogP contribution in [0.15, 0.2) is 71.2 Å². The number of rotatable bonds is 7. The van der Waals surface area contributed by atoms with Gasteiger partial charge in [0.25, 0.3) is 0 Å². The monoisotopic (exact) mass is 478 g/mol. The highest BCUT2D eigenvalue weighted by molar-refractivity contribution is 8.00. The molecule has 2 aromatic heterocycles. The zero-order valence-corrected chi connectivity index (χ0v) is 19.6. The van der Waals surface area contributed by atoms with Crippen LogP contribution < -0.4 is 14.8 Å². The standard InChI is InChI=1S/C24H22N4O3S2/c1-16(23(29)25-17-9-10-20-21(14-17)31-12-11-30-20)33-24-27-26-22(15-19-8-5-13-32-19)28(24)18-6-3-2-4-7-18/h2-10,13-14,16H,11-12,15H2,1H3,(H,25,29). The van der Waals surface area contributed by atoms with Crippen LogP contribution in [0.3, 0.4) is 0 Å². The van der Waals surface area contributed by atoms with Gasteiger partial charge in [-0.25, -0.2) is 0 Å². The fraction of sp³-hybridized carbons (Fsp3) is 0.208. The van der Waals surface area contributed by atoms with Crippen molar-refractivity contribution in [2.24, 2.45) is 0 Å². The van der Waals surface area contributed by atoms with Crippen molar-refractivity contribution < 1.29 is 14.3 Å². The van der Waals surface area contributed by atoms with E-state index in [-0.39, 0.29) is 11.2 Å². The molecule has 0 saturated carbocycles. The van der Waals surface area contributed by atoms with Crippen molar-refractivity contribution in [3.8, 4) is 17.2 Å². The number of hydrogen-bond donors (Lipinski definition) is 1. The molecule has 0 fully saturated rings. The highest BCUT2D eigenvalue weighted by Crippen LogP contribution is 2.33. The van der Waals surface area contributed by atoms with Crippen LogP contribution in [-0.4, -0.2) is 39.1 Å². The third-order valence-electron chi connectivity index (χ3n) is 5.09. The third-order valence-corrected chi connectivity index (χ3v) is 7.01. The summed E-state index contributed by atoms with van der Waals surface area (Å²) in [5, 5.41) is 14.2. The molecule has 0 bridgehead atoms. The van der Waals surface area contributed by atoms with Crippen LogP contribution in [-0.2, 0) is 11.2 Å². The van der Waals surface area contributed by atoms with E-state index in [1.165, 1.54) is 16.6 Å². The minimum atomic E-state index is -0.389. The lowest BCUT2D eigenvalue weighted by Crippen LogP contribution is -2.23. The number of carbonyl (C=O) groups is 1. The van der Waals surface area contributed by atoms with E-state index < -0.39 is 0 Å². The van der Waals surface area contributed by atoms with E-state index >= 15 is 0 Å². The smallest absolute Gasteiger partial charge is 0.237 e. The van der Waals surface area contributed by atoms with Crippen molar-refractivity contribution in [3.05, 3.63) is 76.7 Å². The molecular formula is C24H22N4O3S2. The number of amides is 1. The lowest BCUT2D eigenvalue weighted by atomic mass is 10.2. The molecule has 5 rings (SSSR count). The first-order valence-electron chi connectivity index (χ1n) is 10.6. The summed E-state index contributed by atoms with van der Waals surface area (Å²) < 4.78 is 13.2. The third kappa shape index (κ3) is 4.89. The van der Waals surface area contributed by atoms with Crippen LogP contribution >= 0.6 is 23.1 Å². The zero-order chi connectivity index (χ0) is 22.6. The number of anilines is 1. The van der Waals surface area contributed by atoms with Crippen LogP contribution in [0.5, 0.6) is 11.5 Å². The Labute approximate surface area is 199 Å². The van der Waals surface area contributed by atoms with Gasteiger partial charge in [-0.05, 0) is 42.6 Å². The Bertz CT molecular complexity index is 1240. The van der Waals surface area contributed by atoms with Gasteiger partial charge in [0.15, 0.2) is 16.7 Å². The van der Waals surface area contributed by atoms with Gasteiger partial charge >= 0.3 is 0 Å². The summed E-state index contributed by atoms with van der Waals surface area (Å²) in [6.07, 6.45) is 0.678. The molecule has 0 aliphatic carbocycles. The molecule has 4 aromatic rings. The molecular weight excluding hydrogens is 456 g/mol. The molecule has 7 nitrogen and oxygen atoms in total. The number of aromatic nitrogens is 3. The summed E-state index contributed by atoms with van der Waals surface area (Å²) in [6.45, 7) is 2.89. The first-order valence-corrected chi connectivity index (χ1v) is 12.3. The Kier molecular flexibility index (Phi) is 6.32. The summed E-state index contributed by atoms with van der Waals surface area (Å²) in [5.74, 6) is 2.04. The fourth-order valence-corrected chi connectivity index (χ4v) is 5.06. The Hall–Kier alpha value is -3.30. The number of ether oxygens (including phenoxy) is 2. The fourth-order valence-electron chi connectivity index (χ4n) is 3.47. The van der Waals surface area contributed by atoms with E-state index in [2.05, 4.69) is 27.0 Å². The maximum atomic E-state index is 12.9. The molecule has 2 aromatic carbocycles. The SMILES string of the molecule is CC(Sc1nnc(Cc2cccs2)n1-c1ccccc1)C(=O)Nc1ccc2c(c1)OCCO2. The van der Waals surface area contributed by atoms with Gasteiger partial charge in [0, 0.05) is 28.7 Å². The molecule has 168 valence electrons. The maximum Gasteiger partial charge on any atom is 0.237 e. The summed E-state index contributed by atoms with van der Waals surface area (Å²) in [5.41, 5.74) is 1.63. The predicted octanol–water partition coefficient (Wildman–Crippen LogP) is 4.81. The first-order chi connectivity index (χ1) is 16.2. The van der Waals surface area contributed by atoms with Gasteiger partial charge in [0.05, 0.1) is 5.25 Å². The van der Waals surface area contributed by atoms with E-state index in [9.17, 15) is 4.79 Å². The lowest BCUT2D eigenvalue weighted by Gasteiger charge is -2.19. The highest BCUT2D eigenvalue weighted by atomic mass is 32.2. The second kappa shape index (κ2) is 9.68. The highest BCUT2D eigenvalue weighted by Gasteiger charge is 2.22. The Morgan fingerprint density at radius 2 is 1.91 bits per heavy atom. The van der Waals surface area contributed by atoms with E-state index in [1.807, 2.05) is 60.0 Å². The van der Waals surface area contributed by atoms with Crippen molar-refractivity contribution in [2.75, 3.05) is 18.5 Å². The molecule has 0 radical (unpaired) electrons. The molecule has 0 spiro atoms. The Balaban J connectivity index is 1.35. The van der Waals surface area contributed by atoms with Gasteiger partial charge in [-0.2, -0.15) is 0 Å². The molecule has 1 N–H and O–H groups in total. The van der Waals surface area contributed by atoms with E-state index in [1.54, 1.807) is 17.4 Å².